The van der Waals surface area contributed by atoms with Crippen molar-refractivity contribution in [3.63, 3.8) is 0 Å². The lowest BCUT2D eigenvalue weighted by Crippen LogP contribution is -2.01. The molecule has 0 unspecified atom stereocenters. The first kappa shape index (κ1) is 7.81. The Balaban J connectivity index is 2.55. The molecule has 1 heteroatoms. The zero-order valence-electron chi connectivity index (χ0n) is 7.56. The Morgan fingerprint density at radius 3 is 2.92 bits per heavy atom. The molecule has 12 heavy (non-hydrogen) atoms. The highest BCUT2D eigenvalue weighted by Crippen LogP contribution is 2.26. The molecular weight excluding hydrogens is 146 g/mol. The second kappa shape index (κ2) is 2.91. The van der Waals surface area contributed by atoms with Crippen molar-refractivity contribution in [2.75, 3.05) is 0 Å². The predicted octanol–water partition coefficient (Wildman–Crippen LogP) is 1.94. The fourth-order valence-electron chi connectivity index (χ4n) is 2.15. The van der Waals surface area contributed by atoms with Crippen LogP contribution in [0, 0.1) is 6.92 Å². The summed E-state index contributed by atoms with van der Waals surface area (Å²) in [6.07, 6.45) is 3.80. The molecule has 1 aromatic rings. The SMILES string of the molecule is Cc1cc(CN)c2c(c1)CCC2. The molecular formula is C11H15N. The first-order valence-electron chi connectivity index (χ1n) is 4.62. The van der Waals surface area contributed by atoms with E-state index in [-0.39, 0.29) is 0 Å². The molecule has 1 aliphatic rings. The van der Waals surface area contributed by atoms with Crippen molar-refractivity contribution in [2.24, 2.45) is 5.73 Å². The highest BCUT2D eigenvalue weighted by molar-refractivity contribution is 5.41. The van der Waals surface area contributed by atoms with E-state index < -0.39 is 0 Å². The van der Waals surface area contributed by atoms with Gasteiger partial charge in [0.05, 0.1) is 0 Å². The van der Waals surface area contributed by atoms with Gasteiger partial charge in [0.2, 0.25) is 0 Å². The quantitative estimate of drug-likeness (QED) is 0.669. The van der Waals surface area contributed by atoms with Crippen LogP contribution in [0.1, 0.15) is 28.7 Å². The predicted molar refractivity (Wildman–Crippen MR) is 51.1 cm³/mol. The third-order valence-electron chi connectivity index (χ3n) is 2.67. The molecule has 0 aromatic heterocycles. The summed E-state index contributed by atoms with van der Waals surface area (Å²) < 4.78 is 0. The summed E-state index contributed by atoms with van der Waals surface area (Å²) in [4.78, 5) is 0. The topological polar surface area (TPSA) is 26.0 Å². The van der Waals surface area contributed by atoms with Gasteiger partial charge in [-0.1, -0.05) is 17.7 Å². The van der Waals surface area contributed by atoms with Crippen LogP contribution in [0.5, 0.6) is 0 Å². The Morgan fingerprint density at radius 2 is 2.17 bits per heavy atom. The molecule has 0 radical (unpaired) electrons. The average Bonchev–Trinajstić information content (AvgIpc) is 2.50. The van der Waals surface area contributed by atoms with Gasteiger partial charge in [-0.15, -0.1) is 0 Å². The van der Waals surface area contributed by atoms with E-state index in [4.69, 9.17) is 5.73 Å². The average molecular weight is 161 g/mol. The first-order valence-corrected chi connectivity index (χ1v) is 4.62. The minimum atomic E-state index is 0.698. The Morgan fingerprint density at radius 1 is 1.33 bits per heavy atom. The van der Waals surface area contributed by atoms with E-state index in [0.29, 0.717) is 6.54 Å². The Hall–Kier alpha value is -0.820. The molecule has 1 nitrogen and oxygen atoms in total. The summed E-state index contributed by atoms with van der Waals surface area (Å²) in [5.41, 5.74) is 11.5. The van der Waals surface area contributed by atoms with Crippen LogP contribution in [0.3, 0.4) is 0 Å². The lowest BCUT2D eigenvalue weighted by Gasteiger charge is -2.07. The number of hydrogen-bond donors (Lipinski definition) is 1. The molecule has 0 atom stereocenters. The summed E-state index contributed by atoms with van der Waals surface area (Å²) in [5, 5.41) is 0. The summed E-state index contributed by atoms with van der Waals surface area (Å²) in [7, 11) is 0. The van der Waals surface area contributed by atoms with Gasteiger partial charge in [-0.3, -0.25) is 0 Å². The smallest absolute Gasteiger partial charge is 0.0181 e. The molecule has 0 bridgehead atoms. The van der Waals surface area contributed by atoms with Crippen molar-refractivity contribution < 1.29 is 0 Å². The molecule has 1 aromatic carbocycles. The highest BCUT2D eigenvalue weighted by atomic mass is 14.5. The van der Waals surface area contributed by atoms with Gasteiger partial charge in [-0.05, 0) is 42.9 Å². The van der Waals surface area contributed by atoms with E-state index in [9.17, 15) is 0 Å². The maximum Gasteiger partial charge on any atom is 0.0181 e. The number of benzene rings is 1. The minimum absolute atomic E-state index is 0.698. The monoisotopic (exact) mass is 161 g/mol. The first-order chi connectivity index (χ1) is 5.81. The number of nitrogens with two attached hydrogens (primary N) is 1. The number of hydrogen-bond acceptors (Lipinski definition) is 1. The minimum Gasteiger partial charge on any atom is -0.326 e. The van der Waals surface area contributed by atoms with Gasteiger partial charge < -0.3 is 5.73 Å². The lowest BCUT2D eigenvalue weighted by atomic mass is 10.0. The molecule has 64 valence electrons. The summed E-state index contributed by atoms with van der Waals surface area (Å²) >= 11 is 0. The van der Waals surface area contributed by atoms with Crippen LogP contribution in [0.4, 0.5) is 0 Å². The molecule has 0 saturated heterocycles. The van der Waals surface area contributed by atoms with Gasteiger partial charge in [0, 0.05) is 6.54 Å². The molecule has 0 saturated carbocycles. The van der Waals surface area contributed by atoms with Crippen LogP contribution in [-0.2, 0) is 19.4 Å². The lowest BCUT2D eigenvalue weighted by molar-refractivity contribution is 0.903. The van der Waals surface area contributed by atoms with Gasteiger partial charge >= 0.3 is 0 Å². The van der Waals surface area contributed by atoms with Crippen molar-refractivity contribution in [3.8, 4) is 0 Å². The van der Waals surface area contributed by atoms with Crippen LogP contribution in [-0.4, -0.2) is 0 Å². The third-order valence-corrected chi connectivity index (χ3v) is 2.67. The second-order valence-electron chi connectivity index (χ2n) is 3.62. The van der Waals surface area contributed by atoms with E-state index in [1.54, 1.807) is 0 Å². The zero-order valence-corrected chi connectivity index (χ0v) is 7.56. The van der Waals surface area contributed by atoms with Crippen LogP contribution >= 0.6 is 0 Å². The Kier molecular flexibility index (Phi) is 1.89. The second-order valence-corrected chi connectivity index (χ2v) is 3.62. The normalized spacial score (nSPS) is 14.8. The molecule has 0 fully saturated rings. The molecule has 1 aliphatic carbocycles. The van der Waals surface area contributed by atoms with Crippen LogP contribution in [0.25, 0.3) is 0 Å². The number of fused-ring (bicyclic) bond motifs is 1. The van der Waals surface area contributed by atoms with Gasteiger partial charge in [0.1, 0.15) is 0 Å². The van der Waals surface area contributed by atoms with Crippen molar-refractivity contribution in [1.29, 1.82) is 0 Å². The van der Waals surface area contributed by atoms with E-state index in [0.717, 1.165) is 0 Å². The van der Waals surface area contributed by atoms with E-state index in [1.165, 1.54) is 41.5 Å². The van der Waals surface area contributed by atoms with Crippen molar-refractivity contribution in [1.82, 2.24) is 0 Å². The molecule has 2 rings (SSSR count). The Bertz CT molecular complexity index is 302. The van der Waals surface area contributed by atoms with Crippen LogP contribution < -0.4 is 5.73 Å². The van der Waals surface area contributed by atoms with Gasteiger partial charge in [0.25, 0.3) is 0 Å². The fourth-order valence-corrected chi connectivity index (χ4v) is 2.15. The summed E-state index contributed by atoms with van der Waals surface area (Å²) in [6, 6.07) is 4.53. The van der Waals surface area contributed by atoms with E-state index >= 15 is 0 Å². The molecule has 0 spiro atoms. The fraction of sp³-hybridized carbons (Fsp3) is 0.455. The Labute approximate surface area is 73.6 Å². The number of rotatable bonds is 1. The maximum absolute atomic E-state index is 5.69. The zero-order chi connectivity index (χ0) is 8.55. The standard InChI is InChI=1S/C11H15N/c1-8-5-9-3-2-4-11(9)10(6-8)7-12/h5-6H,2-4,7,12H2,1H3. The van der Waals surface area contributed by atoms with Crippen molar-refractivity contribution in [2.45, 2.75) is 32.7 Å². The molecule has 0 heterocycles. The summed E-state index contributed by atoms with van der Waals surface area (Å²) in [5.74, 6) is 0. The molecule has 0 amide bonds. The number of aryl methyl sites for hydroxylation is 2. The summed E-state index contributed by atoms with van der Waals surface area (Å²) in [6.45, 7) is 2.85. The van der Waals surface area contributed by atoms with Crippen LogP contribution in [0.2, 0.25) is 0 Å². The van der Waals surface area contributed by atoms with Gasteiger partial charge in [-0.25, -0.2) is 0 Å². The van der Waals surface area contributed by atoms with Gasteiger partial charge in [-0.2, -0.15) is 0 Å². The van der Waals surface area contributed by atoms with Crippen molar-refractivity contribution >= 4 is 0 Å². The third kappa shape index (κ3) is 1.14. The molecule has 0 aliphatic heterocycles. The maximum atomic E-state index is 5.69. The van der Waals surface area contributed by atoms with Crippen molar-refractivity contribution in [3.05, 3.63) is 34.4 Å². The van der Waals surface area contributed by atoms with Gasteiger partial charge in [0.15, 0.2) is 0 Å². The largest absolute Gasteiger partial charge is 0.326 e. The van der Waals surface area contributed by atoms with E-state index in [1.807, 2.05) is 0 Å². The van der Waals surface area contributed by atoms with E-state index in [2.05, 4.69) is 19.1 Å². The molecule has 2 N–H and O–H groups in total. The van der Waals surface area contributed by atoms with Crippen LogP contribution in [0.15, 0.2) is 12.1 Å². The highest BCUT2D eigenvalue weighted by Gasteiger charge is 2.13.